The molecule has 0 unspecified atom stereocenters. The molecule has 0 bridgehead atoms. The number of aliphatic carboxylic acids is 1. The number of hydrogen-bond donors (Lipinski definition) is 1. The van der Waals surface area contributed by atoms with E-state index in [0.29, 0.717) is 5.75 Å². The largest absolute Gasteiger partial charge is 0.487 e. The maximum absolute atomic E-state index is 10.7. The summed E-state index contributed by atoms with van der Waals surface area (Å²) in [5.41, 5.74) is -0.714. The Hall–Kier alpha value is -2.03. The van der Waals surface area contributed by atoms with Gasteiger partial charge in [-0.1, -0.05) is 30.3 Å². The molecule has 0 saturated carbocycles. The van der Waals surface area contributed by atoms with Gasteiger partial charge in [0.2, 0.25) is 0 Å². The molecule has 2 rings (SSSR count). The molecule has 0 aromatic heterocycles. The van der Waals surface area contributed by atoms with E-state index in [9.17, 15) is 4.79 Å². The van der Waals surface area contributed by atoms with Crippen molar-refractivity contribution in [1.82, 2.24) is 0 Å². The van der Waals surface area contributed by atoms with Gasteiger partial charge in [0.25, 0.3) is 0 Å². The Morgan fingerprint density at radius 1 is 1.17 bits per heavy atom. The van der Waals surface area contributed by atoms with Crippen LogP contribution in [0.1, 0.15) is 20.3 Å². The number of carbonyl (C=O) groups is 1. The fraction of sp³-hybridized carbons (Fsp3) is 0.267. The Balaban J connectivity index is 2.24. The van der Waals surface area contributed by atoms with E-state index < -0.39 is 11.6 Å². The van der Waals surface area contributed by atoms with Crippen molar-refractivity contribution in [3.05, 3.63) is 42.5 Å². The van der Waals surface area contributed by atoms with Crippen molar-refractivity contribution in [3.63, 3.8) is 0 Å². The molecule has 0 amide bonds. The standard InChI is InChI=1S/C15H16O3/c1-15(2,10-14(16)17)18-13-8-7-11-5-3-4-6-12(11)9-13/h3-9H,10H2,1-2H3,(H,16,17). The lowest BCUT2D eigenvalue weighted by Gasteiger charge is -2.24. The van der Waals surface area contributed by atoms with Crippen molar-refractivity contribution < 1.29 is 14.6 Å². The van der Waals surface area contributed by atoms with Crippen molar-refractivity contribution in [2.24, 2.45) is 0 Å². The van der Waals surface area contributed by atoms with E-state index in [2.05, 4.69) is 0 Å². The van der Waals surface area contributed by atoms with Crippen LogP contribution in [0.4, 0.5) is 0 Å². The monoisotopic (exact) mass is 244 g/mol. The fourth-order valence-corrected chi connectivity index (χ4v) is 1.95. The van der Waals surface area contributed by atoms with Gasteiger partial charge in [0.1, 0.15) is 11.4 Å². The zero-order valence-corrected chi connectivity index (χ0v) is 10.5. The van der Waals surface area contributed by atoms with Crippen LogP contribution in [0.3, 0.4) is 0 Å². The normalized spacial score (nSPS) is 11.4. The third-order valence-corrected chi connectivity index (χ3v) is 2.69. The first kappa shape index (κ1) is 12.4. The maximum Gasteiger partial charge on any atom is 0.307 e. The predicted molar refractivity (Wildman–Crippen MR) is 70.9 cm³/mol. The number of fused-ring (bicyclic) bond motifs is 1. The SMILES string of the molecule is CC(C)(CC(=O)O)Oc1ccc2ccccc2c1. The van der Waals surface area contributed by atoms with E-state index in [1.807, 2.05) is 42.5 Å². The van der Waals surface area contributed by atoms with E-state index in [1.54, 1.807) is 13.8 Å². The highest BCUT2D eigenvalue weighted by Gasteiger charge is 2.23. The highest BCUT2D eigenvalue weighted by Crippen LogP contribution is 2.25. The average molecular weight is 244 g/mol. The number of rotatable bonds is 4. The summed E-state index contributed by atoms with van der Waals surface area (Å²) >= 11 is 0. The van der Waals surface area contributed by atoms with E-state index in [0.717, 1.165) is 10.8 Å². The maximum atomic E-state index is 10.7. The summed E-state index contributed by atoms with van der Waals surface area (Å²) in [5, 5.41) is 11.0. The molecule has 0 aliphatic heterocycles. The van der Waals surface area contributed by atoms with Gasteiger partial charge in [0, 0.05) is 0 Å². The quantitative estimate of drug-likeness (QED) is 0.895. The van der Waals surface area contributed by atoms with Gasteiger partial charge in [-0.15, -0.1) is 0 Å². The molecule has 94 valence electrons. The molecule has 18 heavy (non-hydrogen) atoms. The summed E-state index contributed by atoms with van der Waals surface area (Å²) in [5.74, 6) is -0.166. The Kier molecular flexibility index (Phi) is 3.24. The third kappa shape index (κ3) is 3.00. The fourth-order valence-electron chi connectivity index (χ4n) is 1.95. The number of benzene rings is 2. The van der Waals surface area contributed by atoms with Gasteiger partial charge in [-0.3, -0.25) is 4.79 Å². The van der Waals surface area contributed by atoms with Gasteiger partial charge in [-0.05, 0) is 36.8 Å². The van der Waals surface area contributed by atoms with Crippen molar-refractivity contribution in [2.75, 3.05) is 0 Å². The van der Waals surface area contributed by atoms with E-state index >= 15 is 0 Å². The minimum Gasteiger partial charge on any atom is -0.487 e. The molecule has 0 heterocycles. The van der Waals surface area contributed by atoms with Crippen molar-refractivity contribution in [3.8, 4) is 5.75 Å². The van der Waals surface area contributed by atoms with Crippen LogP contribution in [0.2, 0.25) is 0 Å². The first-order chi connectivity index (χ1) is 8.46. The van der Waals surface area contributed by atoms with E-state index in [1.165, 1.54) is 0 Å². The third-order valence-electron chi connectivity index (χ3n) is 2.69. The molecule has 1 N–H and O–H groups in total. The molecule has 3 nitrogen and oxygen atoms in total. The van der Waals surface area contributed by atoms with E-state index in [4.69, 9.17) is 9.84 Å². The molecular formula is C15H16O3. The Labute approximate surface area is 106 Å². The number of hydrogen-bond acceptors (Lipinski definition) is 2. The molecule has 3 heteroatoms. The zero-order valence-electron chi connectivity index (χ0n) is 10.5. The second-order valence-electron chi connectivity index (χ2n) is 4.94. The van der Waals surface area contributed by atoms with Gasteiger partial charge in [-0.25, -0.2) is 0 Å². The molecule has 0 radical (unpaired) electrons. The average Bonchev–Trinajstić information content (AvgIpc) is 2.26. The minimum absolute atomic E-state index is 0.0279. The predicted octanol–water partition coefficient (Wildman–Crippen LogP) is 3.47. The zero-order chi connectivity index (χ0) is 13.2. The summed E-state index contributed by atoms with van der Waals surface area (Å²) < 4.78 is 5.74. The van der Waals surface area contributed by atoms with Gasteiger partial charge < -0.3 is 9.84 Å². The Bertz CT molecular complexity index is 573. The molecule has 0 spiro atoms. The summed E-state index contributed by atoms with van der Waals surface area (Å²) in [6.07, 6.45) is -0.0279. The van der Waals surface area contributed by atoms with Gasteiger partial charge in [-0.2, -0.15) is 0 Å². The van der Waals surface area contributed by atoms with Crippen LogP contribution in [-0.2, 0) is 4.79 Å². The van der Waals surface area contributed by atoms with Crippen LogP contribution in [0.15, 0.2) is 42.5 Å². The van der Waals surface area contributed by atoms with Crippen molar-refractivity contribution in [1.29, 1.82) is 0 Å². The summed E-state index contributed by atoms with van der Waals surface area (Å²) in [6, 6.07) is 13.8. The Morgan fingerprint density at radius 2 is 1.83 bits per heavy atom. The van der Waals surface area contributed by atoms with Crippen molar-refractivity contribution in [2.45, 2.75) is 25.9 Å². The molecule has 0 aliphatic rings. The van der Waals surface area contributed by atoms with E-state index in [-0.39, 0.29) is 6.42 Å². The second-order valence-corrected chi connectivity index (χ2v) is 4.94. The van der Waals surface area contributed by atoms with Crippen LogP contribution < -0.4 is 4.74 Å². The molecule has 2 aromatic carbocycles. The summed E-state index contributed by atoms with van der Waals surface area (Å²) in [7, 11) is 0. The van der Waals surface area contributed by atoms with Gasteiger partial charge >= 0.3 is 5.97 Å². The van der Waals surface area contributed by atoms with Gasteiger partial charge in [0.15, 0.2) is 0 Å². The topological polar surface area (TPSA) is 46.5 Å². The highest BCUT2D eigenvalue weighted by molar-refractivity contribution is 5.83. The van der Waals surface area contributed by atoms with Crippen LogP contribution in [0.5, 0.6) is 5.75 Å². The number of ether oxygens (including phenoxy) is 1. The molecule has 0 saturated heterocycles. The Morgan fingerprint density at radius 3 is 2.50 bits per heavy atom. The minimum atomic E-state index is -0.860. The van der Waals surface area contributed by atoms with Crippen molar-refractivity contribution >= 4 is 16.7 Å². The number of carboxylic acids is 1. The number of carboxylic acid groups (broad SMARTS) is 1. The molecule has 2 aromatic rings. The molecule has 0 atom stereocenters. The van der Waals surface area contributed by atoms with Crippen LogP contribution in [-0.4, -0.2) is 16.7 Å². The summed E-state index contributed by atoms with van der Waals surface area (Å²) in [6.45, 7) is 3.55. The lowest BCUT2D eigenvalue weighted by molar-refractivity contribution is -0.140. The molecule has 0 fully saturated rings. The lowest BCUT2D eigenvalue weighted by Crippen LogP contribution is -2.31. The lowest BCUT2D eigenvalue weighted by atomic mass is 10.1. The second kappa shape index (κ2) is 4.69. The molecule has 0 aliphatic carbocycles. The molecular weight excluding hydrogens is 228 g/mol. The smallest absolute Gasteiger partial charge is 0.307 e. The van der Waals surface area contributed by atoms with Crippen LogP contribution in [0.25, 0.3) is 10.8 Å². The van der Waals surface area contributed by atoms with Gasteiger partial charge in [0.05, 0.1) is 6.42 Å². The van der Waals surface area contributed by atoms with Crippen LogP contribution in [0, 0.1) is 0 Å². The summed E-state index contributed by atoms with van der Waals surface area (Å²) in [4.78, 5) is 10.7. The highest BCUT2D eigenvalue weighted by atomic mass is 16.5. The first-order valence-electron chi connectivity index (χ1n) is 5.86. The first-order valence-corrected chi connectivity index (χ1v) is 5.86. The van der Waals surface area contributed by atoms with Crippen LogP contribution >= 0.6 is 0 Å².